The molecule has 1 saturated heterocycles. The van der Waals surface area contributed by atoms with Crippen LogP contribution in [0.1, 0.15) is 20.3 Å². The van der Waals surface area contributed by atoms with E-state index in [0.717, 1.165) is 0 Å². The zero-order valence-electron chi connectivity index (χ0n) is 8.61. The maximum absolute atomic E-state index is 11.4. The van der Waals surface area contributed by atoms with Crippen molar-refractivity contribution in [3.05, 3.63) is 0 Å². The van der Waals surface area contributed by atoms with Gasteiger partial charge in [-0.2, -0.15) is 0 Å². The Labute approximate surface area is 87.0 Å². The van der Waals surface area contributed by atoms with Crippen LogP contribution in [0.2, 0.25) is 0 Å². The highest BCUT2D eigenvalue weighted by molar-refractivity contribution is 6.16. The van der Waals surface area contributed by atoms with Crippen LogP contribution < -0.4 is 10.6 Å². The van der Waals surface area contributed by atoms with Crippen molar-refractivity contribution in [3.8, 4) is 0 Å². The summed E-state index contributed by atoms with van der Waals surface area (Å²) in [6.07, 6.45) is -0.290. The number of hydrogen-bond donors (Lipinski definition) is 3. The second kappa shape index (κ2) is 4.39. The van der Waals surface area contributed by atoms with Gasteiger partial charge in [0.15, 0.2) is 0 Å². The summed E-state index contributed by atoms with van der Waals surface area (Å²) in [4.78, 5) is 33.6. The lowest BCUT2D eigenvalue weighted by Gasteiger charge is -2.28. The summed E-state index contributed by atoms with van der Waals surface area (Å²) in [7, 11) is 0. The minimum absolute atomic E-state index is 0.474. The monoisotopic (exact) mass is 214 g/mol. The lowest BCUT2D eigenvalue weighted by molar-refractivity contribution is -0.140. The van der Waals surface area contributed by atoms with Gasteiger partial charge < -0.3 is 5.11 Å². The molecule has 0 spiro atoms. The Bertz CT molecular complexity index is 280. The summed E-state index contributed by atoms with van der Waals surface area (Å²) >= 11 is 0. The standard InChI is InChI=1S/C9H14N2O4/c1-3-5(4(2)12)6-7(13)10-9(15)11-8(6)14/h4-6,12H,3H2,1-2H3,(H2,10,11,13,14,15). The van der Waals surface area contributed by atoms with E-state index in [0.29, 0.717) is 6.42 Å². The molecule has 0 aliphatic carbocycles. The maximum Gasteiger partial charge on any atom is 0.328 e. The number of carbonyl (C=O) groups excluding carboxylic acids is 3. The highest BCUT2D eigenvalue weighted by Crippen LogP contribution is 2.22. The fraction of sp³-hybridized carbons (Fsp3) is 0.667. The number of nitrogens with one attached hydrogen (secondary N) is 2. The van der Waals surface area contributed by atoms with E-state index in [9.17, 15) is 19.5 Å². The first kappa shape index (κ1) is 11.6. The molecule has 2 unspecified atom stereocenters. The number of imide groups is 2. The Kier molecular flexibility index (Phi) is 3.41. The highest BCUT2D eigenvalue weighted by atomic mass is 16.3. The summed E-state index contributed by atoms with van der Waals surface area (Å²) in [6.45, 7) is 3.29. The number of aliphatic hydroxyl groups is 1. The number of carbonyl (C=O) groups is 3. The fourth-order valence-electron chi connectivity index (χ4n) is 1.77. The molecule has 6 heteroatoms. The molecule has 1 heterocycles. The van der Waals surface area contributed by atoms with Gasteiger partial charge in [-0.15, -0.1) is 0 Å². The van der Waals surface area contributed by atoms with E-state index in [1.54, 1.807) is 6.92 Å². The summed E-state index contributed by atoms with van der Waals surface area (Å²) < 4.78 is 0. The molecule has 0 saturated carbocycles. The molecule has 2 atom stereocenters. The lowest BCUT2D eigenvalue weighted by atomic mass is 9.84. The van der Waals surface area contributed by atoms with E-state index < -0.39 is 35.8 Å². The Hall–Kier alpha value is -1.43. The smallest absolute Gasteiger partial charge is 0.328 e. The van der Waals surface area contributed by atoms with E-state index in [1.807, 2.05) is 10.6 Å². The van der Waals surface area contributed by atoms with Gasteiger partial charge in [-0.25, -0.2) is 4.79 Å². The van der Waals surface area contributed by atoms with Crippen LogP contribution in [0.5, 0.6) is 0 Å². The van der Waals surface area contributed by atoms with Gasteiger partial charge in [-0.3, -0.25) is 20.2 Å². The summed E-state index contributed by atoms with van der Waals surface area (Å²) in [5, 5.41) is 13.4. The Morgan fingerprint density at radius 1 is 1.27 bits per heavy atom. The summed E-state index contributed by atoms with van der Waals surface area (Å²) in [5.41, 5.74) is 0. The van der Waals surface area contributed by atoms with Gasteiger partial charge >= 0.3 is 6.03 Å². The number of barbiturate groups is 1. The van der Waals surface area contributed by atoms with Gasteiger partial charge in [0.1, 0.15) is 5.92 Å². The molecule has 0 radical (unpaired) electrons. The van der Waals surface area contributed by atoms with E-state index in [-0.39, 0.29) is 0 Å². The van der Waals surface area contributed by atoms with E-state index in [4.69, 9.17) is 0 Å². The molecule has 84 valence electrons. The van der Waals surface area contributed by atoms with Gasteiger partial charge in [-0.1, -0.05) is 6.92 Å². The van der Waals surface area contributed by atoms with Gasteiger partial charge in [-0.05, 0) is 13.3 Å². The van der Waals surface area contributed by atoms with E-state index in [1.165, 1.54) is 6.92 Å². The third-order valence-corrected chi connectivity index (χ3v) is 2.56. The van der Waals surface area contributed by atoms with Crippen LogP contribution in [0.25, 0.3) is 0 Å². The molecule has 0 aromatic carbocycles. The van der Waals surface area contributed by atoms with Crippen molar-refractivity contribution < 1.29 is 19.5 Å². The Morgan fingerprint density at radius 2 is 1.73 bits per heavy atom. The van der Waals surface area contributed by atoms with E-state index in [2.05, 4.69) is 0 Å². The Morgan fingerprint density at radius 3 is 2.07 bits per heavy atom. The van der Waals surface area contributed by atoms with Gasteiger partial charge in [0.25, 0.3) is 0 Å². The second-order valence-electron chi connectivity index (χ2n) is 3.60. The van der Waals surface area contributed by atoms with Crippen molar-refractivity contribution in [3.63, 3.8) is 0 Å². The van der Waals surface area contributed by atoms with Gasteiger partial charge in [0.2, 0.25) is 11.8 Å². The van der Waals surface area contributed by atoms with Crippen molar-refractivity contribution in [2.75, 3.05) is 0 Å². The Balaban J connectivity index is 2.87. The van der Waals surface area contributed by atoms with Crippen LogP contribution in [-0.4, -0.2) is 29.1 Å². The minimum atomic E-state index is -0.993. The van der Waals surface area contributed by atoms with Crippen molar-refractivity contribution in [1.29, 1.82) is 0 Å². The van der Waals surface area contributed by atoms with Crippen LogP contribution in [0.15, 0.2) is 0 Å². The first-order valence-electron chi connectivity index (χ1n) is 4.81. The third-order valence-electron chi connectivity index (χ3n) is 2.56. The van der Waals surface area contributed by atoms with Crippen molar-refractivity contribution in [2.24, 2.45) is 11.8 Å². The first-order chi connectivity index (χ1) is 6.97. The first-order valence-corrected chi connectivity index (χ1v) is 4.81. The number of aliphatic hydroxyl groups excluding tert-OH is 1. The lowest BCUT2D eigenvalue weighted by Crippen LogP contribution is -2.58. The molecule has 1 rings (SSSR count). The molecule has 1 aliphatic heterocycles. The number of hydrogen-bond acceptors (Lipinski definition) is 4. The third kappa shape index (κ3) is 2.33. The van der Waals surface area contributed by atoms with Crippen LogP contribution >= 0.6 is 0 Å². The maximum atomic E-state index is 11.4. The summed E-state index contributed by atoms with van der Waals surface area (Å²) in [6, 6.07) is -0.804. The molecule has 0 aromatic rings. The molecule has 0 bridgehead atoms. The zero-order chi connectivity index (χ0) is 11.6. The average molecular weight is 214 g/mol. The van der Waals surface area contributed by atoms with Crippen molar-refractivity contribution >= 4 is 17.8 Å². The fourth-order valence-corrected chi connectivity index (χ4v) is 1.77. The van der Waals surface area contributed by atoms with Crippen molar-refractivity contribution in [1.82, 2.24) is 10.6 Å². The SMILES string of the molecule is CCC(C(C)O)C1C(=O)NC(=O)NC1=O. The quantitative estimate of drug-likeness (QED) is 0.545. The van der Waals surface area contributed by atoms with Crippen LogP contribution in [0, 0.1) is 11.8 Å². The van der Waals surface area contributed by atoms with Crippen LogP contribution in [0.4, 0.5) is 4.79 Å². The molecule has 0 aromatic heterocycles. The molecule has 6 nitrogen and oxygen atoms in total. The molecule has 1 aliphatic rings. The molecule has 3 N–H and O–H groups in total. The van der Waals surface area contributed by atoms with E-state index >= 15 is 0 Å². The number of amides is 4. The average Bonchev–Trinajstić information content (AvgIpc) is 2.09. The molecule has 15 heavy (non-hydrogen) atoms. The largest absolute Gasteiger partial charge is 0.393 e. The predicted molar refractivity (Wildman–Crippen MR) is 50.6 cm³/mol. The minimum Gasteiger partial charge on any atom is -0.393 e. The zero-order valence-corrected chi connectivity index (χ0v) is 8.61. The molecular formula is C9H14N2O4. The number of rotatable bonds is 3. The van der Waals surface area contributed by atoms with Gasteiger partial charge in [0, 0.05) is 5.92 Å². The molecular weight excluding hydrogens is 200 g/mol. The summed E-state index contributed by atoms with van der Waals surface area (Å²) in [5.74, 6) is -2.75. The number of urea groups is 1. The second-order valence-corrected chi connectivity index (χ2v) is 3.60. The highest BCUT2D eigenvalue weighted by Gasteiger charge is 2.40. The van der Waals surface area contributed by atoms with Crippen LogP contribution in [-0.2, 0) is 9.59 Å². The predicted octanol–water partition coefficient (Wildman–Crippen LogP) is -0.624. The van der Waals surface area contributed by atoms with Crippen LogP contribution in [0.3, 0.4) is 0 Å². The van der Waals surface area contributed by atoms with Crippen molar-refractivity contribution in [2.45, 2.75) is 26.4 Å². The molecule has 4 amide bonds. The molecule has 1 fully saturated rings. The topological polar surface area (TPSA) is 95.5 Å². The normalized spacial score (nSPS) is 21.9. The van der Waals surface area contributed by atoms with Gasteiger partial charge in [0.05, 0.1) is 6.10 Å².